The number of rotatable bonds is 48. The highest BCUT2D eigenvalue weighted by atomic mass is 16.3. The molecule has 0 spiro atoms. The molecule has 0 radical (unpaired) electrons. The molecule has 0 heterocycles. The Morgan fingerprint density at radius 1 is 0.400 bits per heavy atom. The summed E-state index contributed by atoms with van der Waals surface area (Å²) >= 11 is 0. The van der Waals surface area contributed by atoms with Crippen LogP contribution in [0.1, 0.15) is 271 Å². The number of hydrogen-bond donors (Lipinski definition) is 5. The first-order valence-corrected chi connectivity index (χ1v) is 26.4. The number of allylic oxidation sites excluding steroid dienone is 6. The lowest BCUT2D eigenvalue weighted by Crippen LogP contribution is -2.53. The van der Waals surface area contributed by atoms with Crippen LogP contribution in [0, 0.1) is 0 Å². The van der Waals surface area contributed by atoms with Crippen LogP contribution in [0.25, 0.3) is 0 Å². The van der Waals surface area contributed by atoms with Gasteiger partial charge < -0.3 is 25.7 Å². The summed E-state index contributed by atoms with van der Waals surface area (Å²) in [6, 6.07) is -1.01. The summed E-state index contributed by atoms with van der Waals surface area (Å²) in [7, 11) is 0. The lowest BCUT2D eigenvalue weighted by atomic mass is 10.00. The fourth-order valence-electron chi connectivity index (χ4n) is 8.14. The summed E-state index contributed by atoms with van der Waals surface area (Å²) < 4.78 is 0. The van der Waals surface area contributed by atoms with Gasteiger partial charge in [-0.05, 0) is 64.2 Å². The van der Waals surface area contributed by atoms with E-state index in [-0.39, 0.29) is 0 Å². The summed E-state index contributed by atoms with van der Waals surface area (Å²) in [5.74, 6) is -0.598. The highest BCUT2D eigenvalue weighted by Gasteiger charge is 2.28. The third-order valence-electron chi connectivity index (χ3n) is 12.3. The van der Waals surface area contributed by atoms with Crippen molar-refractivity contribution in [2.45, 2.75) is 295 Å². The molecule has 1 amide bonds. The van der Waals surface area contributed by atoms with Crippen molar-refractivity contribution < 1.29 is 25.2 Å². The monoisotopic (exact) mass is 846 g/mol. The molecular formula is C54H103NO5. The van der Waals surface area contributed by atoms with Crippen LogP contribution in [0.15, 0.2) is 36.5 Å². The molecule has 0 fully saturated rings. The first-order chi connectivity index (χ1) is 29.5. The van der Waals surface area contributed by atoms with E-state index >= 15 is 0 Å². The molecule has 354 valence electrons. The molecule has 0 aromatic heterocycles. The molecule has 0 aliphatic carbocycles. The van der Waals surface area contributed by atoms with E-state index in [2.05, 4.69) is 55.6 Å². The number of nitrogens with one attached hydrogen (secondary N) is 1. The van der Waals surface area contributed by atoms with Crippen molar-refractivity contribution in [3.8, 4) is 0 Å². The van der Waals surface area contributed by atoms with E-state index in [1.54, 1.807) is 0 Å². The SMILES string of the molecule is CCCCCCCCCCCCCCCCCCC/C=C/CC/C=C/CC/C=C/CCCC(O)C(O)C(CO)NC(=O)C(O)CCCCCCCCCCCCCCCC. The van der Waals surface area contributed by atoms with Gasteiger partial charge in [-0.3, -0.25) is 4.79 Å². The zero-order chi connectivity index (χ0) is 43.8. The average molecular weight is 846 g/mol. The van der Waals surface area contributed by atoms with Gasteiger partial charge in [-0.25, -0.2) is 0 Å². The normalized spacial score (nSPS) is 14.2. The third-order valence-corrected chi connectivity index (χ3v) is 12.3. The second kappa shape index (κ2) is 48.6. The minimum Gasteiger partial charge on any atom is -0.394 e. The first kappa shape index (κ1) is 58.5. The minimum atomic E-state index is -1.29. The molecule has 4 unspecified atom stereocenters. The van der Waals surface area contributed by atoms with Gasteiger partial charge in [-0.1, -0.05) is 243 Å². The smallest absolute Gasteiger partial charge is 0.249 e. The molecule has 6 nitrogen and oxygen atoms in total. The molecule has 0 aromatic rings. The Hall–Kier alpha value is -1.47. The van der Waals surface area contributed by atoms with Gasteiger partial charge in [0.2, 0.25) is 5.91 Å². The predicted octanol–water partition coefficient (Wildman–Crippen LogP) is 14.9. The number of hydrogen-bond acceptors (Lipinski definition) is 5. The van der Waals surface area contributed by atoms with E-state index in [9.17, 15) is 25.2 Å². The van der Waals surface area contributed by atoms with Gasteiger partial charge in [-0.2, -0.15) is 0 Å². The second-order valence-electron chi connectivity index (χ2n) is 18.2. The molecular weight excluding hydrogens is 743 g/mol. The lowest BCUT2D eigenvalue weighted by Gasteiger charge is -2.27. The Morgan fingerprint density at radius 2 is 0.700 bits per heavy atom. The van der Waals surface area contributed by atoms with Gasteiger partial charge in [-0.15, -0.1) is 0 Å². The topological polar surface area (TPSA) is 110 Å². The molecule has 60 heavy (non-hydrogen) atoms. The predicted molar refractivity (Wildman–Crippen MR) is 260 cm³/mol. The largest absolute Gasteiger partial charge is 0.394 e. The van der Waals surface area contributed by atoms with Gasteiger partial charge >= 0.3 is 0 Å². The Balaban J connectivity index is 3.70. The number of aliphatic hydroxyl groups is 4. The maximum Gasteiger partial charge on any atom is 0.249 e. The van der Waals surface area contributed by atoms with Gasteiger partial charge in [0.05, 0.1) is 18.8 Å². The van der Waals surface area contributed by atoms with E-state index in [1.165, 1.54) is 186 Å². The van der Waals surface area contributed by atoms with Crippen LogP contribution in [0.4, 0.5) is 0 Å². The molecule has 4 atom stereocenters. The Labute approximate surface area is 373 Å². The van der Waals surface area contributed by atoms with E-state index in [0.717, 1.165) is 51.4 Å². The third kappa shape index (κ3) is 41.9. The molecule has 0 rings (SSSR count). The van der Waals surface area contributed by atoms with Crippen LogP contribution in [0.2, 0.25) is 0 Å². The molecule has 0 aromatic carbocycles. The summed E-state index contributed by atoms with van der Waals surface area (Å²) in [5, 5.41) is 43.8. The molecule has 0 saturated carbocycles. The molecule has 0 aliphatic heterocycles. The molecule has 0 aliphatic rings. The van der Waals surface area contributed by atoms with E-state index in [1.807, 2.05) is 0 Å². The summed E-state index contributed by atoms with van der Waals surface area (Å²) in [6.45, 7) is 4.05. The zero-order valence-corrected chi connectivity index (χ0v) is 40.0. The second-order valence-corrected chi connectivity index (χ2v) is 18.2. The molecule has 0 saturated heterocycles. The first-order valence-electron chi connectivity index (χ1n) is 26.4. The van der Waals surface area contributed by atoms with Gasteiger partial charge in [0.15, 0.2) is 0 Å². The number of unbranched alkanes of at least 4 members (excludes halogenated alkanes) is 33. The van der Waals surface area contributed by atoms with E-state index < -0.39 is 36.9 Å². The average Bonchev–Trinajstić information content (AvgIpc) is 3.25. The van der Waals surface area contributed by atoms with Crippen LogP contribution in [0.3, 0.4) is 0 Å². The van der Waals surface area contributed by atoms with Crippen molar-refractivity contribution in [1.82, 2.24) is 5.32 Å². The van der Waals surface area contributed by atoms with Crippen molar-refractivity contribution in [3.05, 3.63) is 36.5 Å². The van der Waals surface area contributed by atoms with Crippen molar-refractivity contribution in [3.63, 3.8) is 0 Å². The van der Waals surface area contributed by atoms with Gasteiger partial charge in [0.1, 0.15) is 12.2 Å². The van der Waals surface area contributed by atoms with Crippen molar-refractivity contribution in [1.29, 1.82) is 0 Å². The van der Waals surface area contributed by atoms with Crippen LogP contribution >= 0.6 is 0 Å². The van der Waals surface area contributed by atoms with Crippen LogP contribution in [0.5, 0.6) is 0 Å². The Bertz CT molecular complexity index is 950. The summed E-state index contributed by atoms with van der Waals surface area (Å²) in [4.78, 5) is 12.5. The van der Waals surface area contributed by atoms with Crippen molar-refractivity contribution in [2.75, 3.05) is 6.61 Å². The van der Waals surface area contributed by atoms with E-state index in [4.69, 9.17) is 0 Å². The fraction of sp³-hybridized carbons (Fsp3) is 0.870. The summed E-state index contributed by atoms with van der Waals surface area (Å²) in [5.41, 5.74) is 0. The quantitative estimate of drug-likeness (QED) is 0.0309. The van der Waals surface area contributed by atoms with Crippen molar-refractivity contribution >= 4 is 5.91 Å². The van der Waals surface area contributed by atoms with Gasteiger partial charge in [0.25, 0.3) is 0 Å². The number of amides is 1. The van der Waals surface area contributed by atoms with E-state index in [0.29, 0.717) is 19.3 Å². The van der Waals surface area contributed by atoms with Crippen LogP contribution in [-0.2, 0) is 4.79 Å². The number of carbonyl (C=O) groups excluding carboxylic acids is 1. The maximum atomic E-state index is 12.5. The van der Waals surface area contributed by atoms with Gasteiger partial charge in [0, 0.05) is 0 Å². The Morgan fingerprint density at radius 3 is 1.05 bits per heavy atom. The highest BCUT2D eigenvalue weighted by molar-refractivity contribution is 5.80. The minimum absolute atomic E-state index is 0.361. The highest BCUT2D eigenvalue weighted by Crippen LogP contribution is 2.17. The summed E-state index contributed by atoms with van der Waals surface area (Å²) in [6.07, 6.45) is 59.3. The molecule has 6 heteroatoms. The lowest BCUT2D eigenvalue weighted by molar-refractivity contribution is -0.132. The molecule has 0 bridgehead atoms. The van der Waals surface area contributed by atoms with Crippen LogP contribution < -0.4 is 5.32 Å². The fourth-order valence-corrected chi connectivity index (χ4v) is 8.14. The van der Waals surface area contributed by atoms with Crippen LogP contribution in [-0.4, -0.2) is 57.3 Å². The Kier molecular flexibility index (Phi) is 47.4. The van der Waals surface area contributed by atoms with Crippen molar-refractivity contribution in [2.24, 2.45) is 0 Å². The standard InChI is InChI=1S/C54H103NO5/c1-3-5-7-9-11-13-15-17-19-20-21-22-23-24-25-26-27-28-29-30-31-32-33-34-36-37-39-41-43-45-47-51(57)53(59)50(49-56)55-54(60)52(58)48-46-44-42-40-38-35-18-16-14-12-10-8-6-4-2/h29-30,33-34,39,41,50-53,56-59H,3-28,31-32,35-38,40,42-49H2,1-2H3,(H,55,60)/b30-29+,34-33+,41-39+. The molecule has 5 N–H and O–H groups in total. The zero-order valence-electron chi connectivity index (χ0n) is 40.0. The maximum absolute atomic E-state index is 12.5. The number of aliphatic hydroxyl groups excluding tert-OH is 4. The number of carbonyl (C=O) groups is 1.